The van der Waals surface area contributed by atoms with Gasteiger partial charge in [-0.05, 0) is 36.8 Å². The number of rotatable bonds is 4. The van der Waals surface area contributed by atoms with E-state index in [1.54, 1.807) is 30.3 Å². The number of aryl methyl sites for hydroxylation is 1. The zero-order chi connectivity index (χ0) is 17.1. The summed E-state index contributed by atoms with van der Waals surface area (Å²) in [5.74, 6) is -0.313. The molecule has 0 bridgehead atoms. The van der Waals surface area contributed by atoms with E-state index in [0.29, 0.717) is 16.4 Å². The van der Waals surface area contributed by atoms with Gasteiger partial charge in [0.05, 0.1) is 0 Å². The van der Waals surface area contributed by atoms with Crippen molar-refractivity contribution in [1.82, 2.24) is 10.1 Å². The molecule has 0 aliphatic heterocycles. The van der Waals surface area contributed by atoms with Crippen LogP contribution in [0.5, 0.6) is 5.75 Å². The Morgan fingerprint density at radius 3 is 2.88 bits per heavy atom. The normalized spacial score (nSPS) is 10.6. The Bertz CT molecular complexity index is 892. The highest BCUT2D eigenvalue weighted by molar-refractivity contribution is 6.30. The Morgan fingerprint density at radius 1 is 1.29 bits per heavy atom. The fourth-order valence-corrected chi connectivity index (χ4v) is 2.27. The summed E-state index contributed by atoms with van der Waals surface area (Å²) in [7, 11) is 0. The molecular formula is C17H13ClN2O4. The van der Waals surface area contributed by atoms with Gasteiger partial charge in [0.1, 0.15) is 11.3 Å². The average Bonchev–Trinajstić information content (AvgIpc) is 3.01. The number of ether oxygens (including phenoxy) is 1. The molecule has 2 aromatic carbocycles. The molecule has 24 heavy (non-hydrogen) atoms. The lowest BCUT2D eigenvalue weighted by atomic mass is 10.1. The molecule has 0 spiro atoms. The minimum absolute atomic E-state index is 0.0789. The highest BCUT2D eigenvalue weighted by atomic mass is 35.5. The largest absolute Gasteiger partial charge is 0.507 e. The minimum atomic E-state index is -0.671. The number of phenols is 1. The third-order valence-corrected chi connectivity index (χ3v) is 3.49. The van der Waals surface area contributed by atoms with Crippen molar-refractivity contribution in [2.45, 2.75) is 13.5 Å². The number of hydrogen-bond donors (Lipinski definition) is 1. The van der Waals surface area contributed by atoms with Crippen molar-refractivity contribution >= 4 is 17.6 Å². The van der Waals surface area contributed by atoms with Gasteiger partial charge in [0.2, 0.25) is 5.82 Å². The van der Waals surface area contributed by atoms with Crippen LogP contribution in [0.25, 0.3) is 11.4 Å². The number of phenolic OH excluding ortho intramolecular Hbond substituents is 1. The molecule has 0 atom stereocenters. The summed E-state index contributed by atoms with van der Waals surface area (Å²) in [5, 5.41) is 14.2. The van der Waals surface area contributed by atoms with Gasteiger partial charge < -0.3 is 14.4 Å². The number of carbonyl (C=O) groups excluding carboxylic acids is 1. The van der Waals surface area contributed by atoms with E-state index in [1.165, 1.54) is 12.1 Å². The quantitative estimate of drug-likeness (QED) is 0.725. The van der Waals surface area contributed by atoms with Gasteiger partial charge in [0.25, 0.3) is 5.89 Å². The summed E-state index contributed by atoms with van der Waals surface area (Å²) in [4.78, 5) is 16.1. The molecule has 0 saturated carbocycles. The molecule has 122 valence electrons. The highest BCUT2D eigenvalue weighted by Gasteiger charge is 2.15. The van der Waals surface area contributed by atoms with Crippen LogP contribution >= 0.6 is 11.6 Å². The van der Waals surface area contributed by atoms with E-state index in [0.717, 1.165) is 5.56 Å². The van der Waals surface area contributed by atoms with Crippen molar-refractivity contribution < 1.29 is 19.2 Å². The Hall–Kier alpha value is -2.86. The van der Waals surface area contributed by atoms with Crippen LogP contribution in [0, 0.1) is 6.92 Å². The second-order valence-corrected chi connectivity index (χ2v) is 5.56. The molecule has 0 aliphatic carbocycles. The standard InChI is InChI=1S/C17H13ClN2O4/c1-10-5-6-13(14(21)7-10)17(22)23-9-15-19-16(20-24-15)11-3-2-4-12(18)8-11/h2-8,21H,9H2,1H3. The molecule has 0 saturated heterocycles. The van der Waals surface area contributed by atoms with Gasteiger partial charge in [0.15, 0.2) is 6.61 Å². The van der Waals surface area contributed by atoms with E-state index in [2.05, 4.69) is 10.1 Å². The van der Waals surface area contributed by atoms with Crippen molar-refractivity contribution in [2.24, 2.45) is 0 Å². The third kappa shape index (κ3) is 3.55. The van der Waals surface area contributed by atoms with Crippen molar-refractivity contribution in [3.63, 3.8) is 0 Å². The molecule has 3 aromatic rings. The van der Waals surface area contributed by atoms with Crippen LogP contribution in [-0.2, 0) is 11.3 Å². The predicted molar refractivity (Wildman–Crippen MR) is 86.7 cm³/mol. The molecule has 1 aromatic heterocycles. The zero-order valence-corrected chi connectivity index (χ0v) is 13.4. The summed E-state index contributed by atoms with van der Waals surface area (Å²) >= 11 is 5.92. The lowest BCUT2D eigenvalue weighted by Crippen LogP contribution is -2.06. The average molecular weight is 345 g/mol. The van der Waals surface area contributed by atoms with Crippen LogP contribution in [-0.4, -0.2) is 21.2 Å². The summed E-state index contributed by atoms with van der Waals surface area (Å²) < 4.78 is 10.1. The first-order valence-corrected chi connectivity index (χ1v) is 7.46. The number of aromatic nitrogens is 2. The van der Waals surface area contributed by atoms with E-state index >= 15 is 0 Å². The number of aromatic hydroxyl groups is 1. The van der Waals surface area contributed by atoms with Crippen LogP contribution in [0.1, 0.15) is 21.8 Å². The van der Waals surface area contributed by atoms with E-state index in [9.17, 15) is 9.90 Å². The second-order valence-electron chi connectivity index (χ2n) is 5.12. The monoisotopic (exact) mass is 344 g/mol. The topological polar surface area (TPSA) is 85.5 Å². The van der Waals surface area contributed by atoms with E-state index in [-0.39, 0.29) is 23.8 Å². The number of carbonyl (C=O) groups is 1. The van der Waals surface area contributed by atoms with Gasteiger partial charge in [-0.1, -0.05) is 35.0 Å². The van der Waals surface area contributed by atoms with E-state index < -0.39 is 5.97 Å². The van der Waals surface area contributed by atoms with Gasteiger partial charge in [-0.2, -0.15) is 4.98 Å². The second kappa shape index (κ2) is 6.72. The van der Waals surface area contributed by atoms with Gasteiger partial charge in [0, 0.05) is 10.6 Å². The summed E-state index contributed by atoms with van der Waals surface area (Å²) in [6.07, 6.45) is 0. The van der Waals surface area contributed by atoms with Gasteiger partial charge >= 0.3 is 5.97 Å². The third-order valence-electron chi connectivity index (χ3n) is 3.25. The SMILES string of the molecule is Cc1ccc(C(=O)OCc2nc(-c3cccc(Cl)c3)no2)c(O)c1. The number of esters is 1. The molecule has 6 nitrogen and oxygen atoms in total. The minimum Gasteiger partial charge on any atom is -0.507 e. The maximum absolute atomic E-state index is 12.0. The van der Waals surface area contributed by atoms with Gasteiger partial charge in [-0.25, -0.2) is 4.79 Å². The van der Waals surface area contributed by atoms with Crippen LogP contribution in [0.2, 0.25) is 5.02 Å². The first-order chi connectivity index (χ1) is 11.5. The first-order valence-electron chi connectivity index (χ1n) is 7.08. The molecule has 0 fully saturated rings. The molecule has 1 N–H and O–H groups in total. The molecule has 0 radical (unpaired) electrons. The molecular weight excluding hydrogens is 332 g/mol. The van der Waals surface area contributed by atoms with Crippen LogP contribution < -0.4 is 0 Å². The van der Waals surface area contributed by atoms with E-state index in [1.807, 2.05) is 6.92 Å². The Labute approximate surface area is 142 Å². The maximum atomic E-state index is 12.0. The summed E-state index contributed by atoms with van der Waals surface area (Å²) in [6, 6.07) is 11.7. The lowest BCUT2D eigenvalue weighted by molar-refractivity contribution is 0.0426. The number of hydrogen-bond acceptors (Lipinski definition) is 6. The zero-order valence-electron chi connectivity index (χ0n) is 12.7. The fraction of sp³-hybridized carbons (Fsp3) is 0.118. The maximum Gasteiger partial charge on any atom is 0.342 e. The molecule has 0 aliphatic rings. The Balaban J connectivity index is 1.68. The number of benzene rings is 2. The summed E-state index contributed by atoms with van der Waals surface area (Å²) in [6.45, 7) is 1.62. The molecule has 3 rings (SSSR count). The van der Waals surface area contributed by atoms with Crippen LogP contribution in [0.4, 0.5) is 0 Å². The fourth-order valence-electron chi connectivity index (χ4n) is 2.08. The predicted octanol–water partition coefficient (Wildman–Crippen LogP) is 3.76. The van der Waals surface area contributed by atoms with Gasteiger partial charge in [-0.3, -0.25) is 0 Å². The molecule has 7 heteroatoms. The Kier molecular flexibility index (Phi) is 4.48. The van der Waals surface area contributed by atoms with Crippen molar-refractivity contribution in [3.8, 4) is 17.1 Å². The number of halogens is 1. The Morgan fingerprint density at radius 2 is 2.12 bits per heavy atom. The lowest BCUT2D eigenvalue weighted by Gasteiger charge is -2.04. The van der Waals surface area contributed by atoms with Gasteiger partial charge in [-0.15, -0.1) is 0 Å². The van der Waals surface area contributed by atoms with Crippen molar-refractivity contribution in [1.29, 1.82) is 0 Å². The van der Waals surface area contributed by atoms with Crippen molar-refractivity contribution in [3.05, 3.63) is 64.5 Å². The van der Waals surface area contributed by atoms with Crippen LogP contribution in [0.15, 0.2) is 47.0 Å². The van der Waals surface area contributed by atoms with Crippen molar-refractivity contribution in [2.75, 3.05) is 0 Å². The molecule has 0 unspecified atom stereocenters. The smallest absolute Gasteiger partial charge is 0.342 e. The highest BCUT2D eigenvalue weighted by Crippen LogP contribution is 2.21. The first kappa shape index (κ1) is 16.0. The van der Waals surface area contributed by atoms with E-state index in [4.69, 9.17) is 20.9 Å². The van der Waals surface area contributed by atoms with Crippen LogP contribution in [0.3, 0.4) is 0 Å². The summed E-state index contributed by atoms with van der Waals surface area (Å²) in [5.41, 5.74) is 1.61. The molecule has 0 amide bonds. The molecule has 1 heterocycles. The number of nitrogens with zero attached hydrogens (tertiary/aromatic N) is 2.